The smallest absolute Gasteiger partial charge is 0.298 e. The third kappa shape index (κ3) is 3.07. The molecule has 0 saturated carbocycles. The second kappa shape index (κ2) is 6.19. The number of hydrogen-bond acceptors (Lipinski definition) is 5. The first-order valence-electron chi connectivity index (χ1n) is 8.20. The van der Waals surface area contributed by atoms with Crippen LogP contribution in [0.15, 0.2) is 34.9 Å². The molecule has 1 saturated heterocycles. The van der Waals surface area contributed by atoms with Gasteiger partial charge in [0.1, 0.15) is 17.0 Å². The fraction of sp³-hybridized carbons (Fsp3) is 0.353. The number of carbonyl (C=O) groups excluding carboxylic acids is 1. The normalized spacial score (nSPS) is 15.6. The van der Waals surface area contributed by atoms with Crippen LogP contribution in [0, 0.1) is 5.82 Å². The molecule has 0 N–H and O–H groups in total. The van der Waals surface area contributed by atoms with Gasteiger partial charge in [-0.3, -0.25) is 9.48 Å². The Morgan fingerprint density at radius 3 is 2.88 bits per heavy atom. The molecule has 130 valence electrons. The number of hydrogen-bond donors (Lipinski definition) is 0. The van der Waals surface area contributed by atoms with Crippen molar-refractivity contribution in [2.24, 2.45) is 7.05 Å². The van der Waals surface area contributed by atoms with E-state index in [4.69, 9.17) is 4.42 Å². The Morgan fingerprint density at radius 1 is 1.20 bits per heavy atom. The minimum atomic E-state index is -0.349. The van der Waals surface area contributed by atoms with Gasteiger partial charge in [0.05, 0.1) is 0 Å². The second-order valence-corrected chi connectivity index (χ2v) is 6.12. The van der Waals surface area contributed by atoms with Crippen LogP contribution in [0.25, 0.3) is 11.1 Å². The predicted octanol–water partition coefficient (Wildman–Crippen LogP) is 2.05. The Morgan fingerprint density at radius 2 is 2.08 bits per heavy atom. The molecule has 4 rings (SSSR count). The molecule has 1 amide bonds. The van der Waals surface area contributed by atoms with Gasteiger partial charge in [-0.25, -0.2) is 4.39 Å². The molecule has 1 aromatic carbocycles. The first-order valence-corrected chi connectivity index (χ1v) is 8.20. The first kappa shape index (κ1) is 15.6. The summed E-state index contributed by atoms with van der Waals surface area (Å²) in [6.07, 6.45) is 2.56. The zero-order chi connectivity index (χ0) is 17.4. The number of halogens is 1. The van der Waals surface area contributed by atoms with Crippen LogP contribution in [-0.2, 0) is 7.05 Å². The van der Waals surface area contributed by atoms with Crippen LogP contribution in [0.2, 0.25) is 0 Å². The number of aryl methyl sites for hydroxylation is 1. The van der Waals surface area contributed by atoms with Gasteiger partial charge in [-0.15, -0.1) is 0 Å². The average molecular weight is 343 g/mol. The summed E-state index contributed by atoms with van der Waals surface area (Å²) in [5.41, 5.74) is 1.51. The SMILES string of the molecule is Cn1ccc(C(=O)N2CCCN(c3nc4ccc(F)cc4o3)CC2)n1. The van der Waals surface area contributed by atoms with Crippen molar-refractivity contribution in [2.45, 2.75) is 6.42 Å². The lowest BCUT2D eigenvalue weighted by atomic mass is 10.3. The second-order valence-electron chi connectivity index (χ2n) is 6.12. The number of oxazole rings is 1. The van der Waals surface area contributed by atoms with Gasteiger partial charge in [0, 0.05) is 45.5 Å². The molecule has 1 aliphatic heterocycles. The monoisotopic (exact) mass is 343 g/mol. The van der Waals surface area contributed by atoms with Crippen molar-refractivity contribution in [1.82, 2.24) is 19.7 Å². The number of aromatic nitrogens is 3. The lowest BCUT2D eigenvalue weighted by molar-refractivity contribution is 0.0760. The molecular weight excluding hydrogens is 325 g/mol. The minimum absolute atomic E-state index is 0.0675. The largest absolute Gasteiger partial charge is 0.423 e. The van der Waals surface area contributed by atoms with E-state index in [2.05, 4.69) is 10.1 Å². The van der Waals surface area contributed by atoms with Crippen molar-refractivity contribution < 1.29 is 13.6 Å². The molecule has 0 unspecified atom stereocenters. The van der Waals surface area contributed by atoms with E-state index in [1.165, 1.54) is 12.1 Å². The zero-order valence-corrected chi connectivity index (χ0v) is 13.9. The third-order valence-electron chi connectivity index (χ3n) is 4.33. The van der Waals surface area contributed by atoms with Crippen LogP contribution < -0.4 is 4.90 Å². The Hall–Kier alpha value is -2.90. The Balaban J connectivity index is 1.49. The van der Waals surface area contributed by atoms with E-state index in [9.17, 15) is 9.18 Å². The van der Waals surface area contributed by atoms with Crippen molar-refractivity contribution in [3.63, 3.8) is 0 Å². The summed E-state index contributed by atoms with van der Waals surface area (Å²) in [5.74, 6) is -0.416. The van der Waals surface area contributed by atoms with Crippen molar-refractivity contribution in [2.75, 3.05) is 31.1 Å². The lowest BCUT2D eigenvalue weighted by Crippen LogP contribution is -2.35. The van der Waals surface area contributed by atoms with Crippen molar-refractivity contribution >= 4 is 23.0 Å². The quantitative estimate of drug-likeness (QED) is 0.712. The van der Waals surface area contributed by atoms with Gasteiger partial charge in [-0.2, -0.15) is 10.1 Å². The standard InChI is InChI=1S/C17H18FN5O2/c1-21-8-5-14(20-21)16(24)22-6-2-7-23(10-9-22)17-19-13-4-3-12(18)11-15(13)25-17/h3-5,8,11H,2,6-7,9-10H2,1H3. The van der Waals surface area contributed by atoms with Gasteiger partial charge in [0.2, 0.25) is 0 Å². The molecule has 0 atom stereocenters. The summed E-state index contributed by atoms with van der Waals surface area (Å²) in [4.78, 5) is 20.7. The molecular formula is C17H18FN5O2. The molecule has 0 bridgehead atoms. The first-order chi connectivity index (χ1) is 12.1. The molecule has 8 heteroatoms. The molecule has 0 spiro atoms. The molecule has 0 aliphatic carbocycles. The number of anilines is 1. The highest BCUT2D eigenvalue weighted by atomic mass is 19.1. The summed E-state index contributed by atoms with van der Waals surface area (Å²) in [6, 6.07) is 6.49. The number of carbonyl (C=O) groups is 1. The Bertz CT molecular complexity index is 919. The maximum absolute atomic E-state index is 13.3. The van der Waals surface area contributed by atoms with E-state index in [-0.39, 0.29) is 11.7 Å². The summed E-state index contributed by atoms with van der Waals surface area (Å²) >= 11 is 0. The van der Waals surface area contributed by atoms with E-state index < -0.39 is 0 Å². The third-order valence-corrected chi connectivity index (χ3v) is 4.33. The van der Waals surface area contributed by atoms with Crippen molar-refractivity contribution in [3.8, 4) is 0 Å². The van der Waals surface area contributed by atoms with Crippen LogP contribution >= 0.6 is 0 Å². The van der Waals surface area contributed by atoms with Crippen molar-refractivity contribution in [1.29, 1.82) is 0 Å². The molecule has 1 fully saturated rings. The molecule has 0 radical (unpaired) electrons. The highest BCUT2D eigenvalue weighted by Gasteiger charge is 2.24. The number of benzene rings is 1. The molecule has 1 aliphatic rings. The zero-order valence-electron chi connectivity index (χ0n) is 13.9. The molecule has 25 heavy (non-hydrogen) atoms. The molecule has 2 aromatic heterocycles. The van der Waals surface area contributed by atoms with E-state index in [1.807, 2.05) is 4.90 Å². The van der Waals surface area contributed by atoms with E-state index >= 15 is 0 Å². The Kier molecular flexibility index (Phi) is 3.87. The number of nitrogens with zero attached hydrogens (tertiary/aromatic N) is 5. The van der Waals surface area contributed by atoms with Crippen LogP contribution in [0.4, 0.5) is 10.4 Å². The van der Waals surface area contributed by atoms with Gasteiger partial charge in [-0.1, -0.05) is 0 Å². The van der Waals surface area contributed by atoms with Crippen LogP contribution in [0.5, 0.6) is 0 Å². The van der Waals surface area contributed by atoms with Crippen LogP contribution in [0.3, 0.4) is 0 Å². The maximum Gasteiger partial charge on any atom is 0.298 e. The van der Waals surface area contributed by atoms with E-state index in [1.54, 1.807) is 35.0 Å². The molecule has 3 heterocycles. The fourth-order valence-electron chi connectivity index (χ4n) is 3.02. The van der Waals surface area contributed by atoms with Gasteiger partial charge in [-0.05, 0) is 24.6 Å². The number of rotatable bonds is 2. The van der Waals surface area contributed by atoms with Crippen LogP contribution in [-0.4, -0.2) is 51.8 Å². The van der Waals surface area contributed by atoms with Crippen LogP contribution in [0.1, 0.15) is 16.9 Å². The fourth-order valence-corrected chi connectivity index (χ4v) is 3.02. The average Bonchev–Trinajstić information content (AvgIpc) is 3.12. The van der Waals surface area contributed by atoms with Gasteiger partial charge in [0.25, 0.3) is 11.9 Å². The Labute approximate surface area is 143 Å². The summed E-state index contributed by atoms with van der Waals surface area (Å²) in [6.45, 7) is 2.54. The highest BCUT2D eigenvalue weighted by Crippen LogP contribution is 2.23. The van der Waals surface area contributed by atoms with E-state index in [0.29, 0.717) is 42.4 Å². The number of fused-ring (bicyclic) bond motifs is 1. The minimum Gasteiger partial charge on any atom is -0.423 e. The topological polar surface area (TPSA) is 67.4 Å². The maximum atomic E-state index is 13.3. The lowest BCUT2D eigenvalue weighted by Gasteiger charge is -2.20. The predicted molar refractivity (Wildman–Crippen MR) is 89.9 cm³/mol. The van der Waals surface area contributed by atoms with Crippen molar-refractivity contribution in [3.05, 3.63) is 42.0 Å². The van der Waals surface area contributed by atoms with E-state index in [0.717, 1.165) is 13.0 Å². The summed E-state index contributed by atoms with van der Waals surface area (Å²) < 4.78 is 20.6. The molecule has 7 nitrogen and oxygen atoms in total. The van der Waals surface area contributed by atoms with Gasteiger partial charge in [0.15, 0.2) is 5.58 Å². The summed E-state index contributed by atoms with van der Waals surface area (Å²) in [7, 11) is 1.79. The molecule has 3 aromatic rings. The van der Waals surface area contributed by atoms with Gasteiger partial charge < -0.3 is 14.2 Å². The highest BCUT2D eigenvalue weighted by molar-refractivity contribution is 5.92. The van der Waals surface area contributed by atoms with Gasteiger partial charge >= 0.3 is 0 Å². The summed E-state index contributed by atoms with van der Waals surface area (Å²) in [5, 5.41) is 4.18. The number of amides is 1.